The molecule has 0 bridgehead atoms. The molecule has 0 saturated heterocycles. The van der Waals surface area contributed by atoms with Gasteiger partial charge in [-0.3, -0.25) is 14.4 Å². The van der Waals surface area contributed by atoms with Gasteiger partial charge < -0.3 is 40.0 Å². The maximum Gasteiger partial charge on any atom is 0.407 e. The first kappa shape index (κ1) is 36.6. The maximum atomic E-state index is 11.5. The van der Waals surface area contributed by atoms with E-state index in [0.717, 1.165) is 0 Å². The summed E-state index contributed by atoms with van der Waals surface area (Å²) in [6.45, 7) is 15.6. The lowest BCUT2D eigenvalue weighted by Gasteiger charge is -2.19. The summed E-state index contributed by atoms with van der Waals surface area (Å²) in [5, 5.41) is 15.3. The van der Waals surface area contributed by atoms with Crippen LogP contribution < -0.4 is 16.0 Å². The minimum atomic E-state index is -0.948. The lowest BCUT2D eigenvalue weighted by molar-refractivity contribution is -0.159. The van der Waals surface area contributed by atoms with E-state index in [4.69, 9.17) is 19.3 Å². The molecule has 0 saturated carbocycles. The van der Waals surface area contributed by atoms with Gasteiger partial charge >= 0.3 is 36.2 Å². The number of carboxylic acid groups (broad SMARTS) is 1. The first-order valence-electron chi connectivity index (χ1n) is 12.0. The van der Waals surface area contributed by atoms with Crippen LogP contribution in [0.15, 0.2) is 0 Å². The predicted octanol–water partition coefficient (Wildman–Crippen LogP) is 2.87. The number of ether oxygens (including phenoxy) is 4. The number of carbonyl (C=O) groups excluding carboxylic acids is 5. The first-order valence-corrected chi connectivity index (χ1v) is 12.0. The van der Waals surface area contributed by atoms with Gasteiger partial charge in [-0.05, 0) is 62.3 Å². The molecule has 0 aliphatic heterocycles. The zero-order chi connectivity index (χ0) is 30.2. The number of hydrogen-bond acceptors (Lipinski definition) is 10. The van der Waals surface area contributed by atoms with E-state index >= 15 is 0 Å². The van der Waals surface area contributed by atoms with Crippen LogP contribution in [-0.2, 0) is 33.3 Å². The number of alkyl carbamates (subject to hydrolysis) is 3. The third-order valence-corrected chi connectivity index (χ3v) is 3.23. The SMILES string of the molecule is CC(C)(C)OC(=O)NCCC(=O)O.CC(C)(C)OC(=O)NCCC(=O)OC(=O)CCNC(=O)OC(C)(C)C. The Morgan fingerprint density at radius 1 is 0.526 bits per heavy atom. The fourth-order valence-electron chi connectivity index (χ4n) is 1.98. The molecule has 0 aromatic heterocycles. The van der Waals surface area contributed by atoms with Crippen LogP contribution in [0.4, 0.5) is 14.4 Å². The largest absolute Gasteiger partial charge is 0.481 e. The molecule has 0 spiro atoms. The van der Waals surface area contributed by atoms with Crippen LogP contribution in [0.25, 0.3) is 0 Å². The average molecular weight is 550 g/mol. The van der Waals surface area contributed by atoms with Gasteiger partial charge in [0.2, 0.25) is 0 Å². The molecule has 0 fully saturated rings. The Morgan fingerprint density at radius 2 is 0.789 bits per heavy atom. The van der Waals surface area contributed by atoms with Crippen LogP contribution in [0.5, 0.6) is 0 Å². The highest BCUT2D eigenvalue weighted by Gasteiger charge is 2.18. The number of hydrogen-bond donors (Lipinski definition) is 4. The fourth-order valence-corrected chi connectivity index (χ4v) is 1.98. The molecule has 0 radical (unpaired) electrons. The zero-order valence-electron chi connectivity index (χ0n) is 23.8. The molecule has 0 heterocycles. The van der Waals surface area contributed by atoms with Crippen LogP contribution in [0, 0.1) is 0 Å². The smallest absolute Gasteiger partial charge is 0.407 e. The Morgan fingerprint density at radius 3 is 1.03 bits per heavy atom. The number of carboxylic acids is 1. The van der Waals surface area contributed by atoms with E-state index in [0.29, 0.717) is 0 Å². The normalized spacial score (nSPS) is 11.1. The second kappa shape index (κ2) is 17.0. The van der Waals surface area contributed by atoms with Gasteiger partial charge in [0.1, 0.15) is 16.8 Å². The van der Waals surface area contributed by atoms with Crippen molar-refractivity contribution in [3.8, 4) is 0 Å². The molecule has 0 atom stereocenters. The number of carbonyl (C=O) groups is 6. The summed E-state index contributed by atoms with van der Waals surface area (Å²) < 4.78 is 19.4. The molecular weight excluding hydrogens is 506 g/mol. The van der Waals surface area contributed by atoms with Crippen molar-refractivity contribution in [1.29, 1.82) is 0 Å². The van der Waals surface area contributed by atoms with E-state index in [1.165, 1.54) is 0 Å². The Labute approximate surface area is 223 Å². The molecule has 0 aliphatic carbocycles. The summed E-state index contributed by atoms with van der Waals surface area (Å²) in [5.41, 5.74) is -1.82. The van der Waals surface area contributed by atoms with Crippen LogP contribution in [0.2, 0.25) is 0 Å². The van der Waals surface area contributed by atoms with Gasteiger partial charge in [-0.1, -0.05) is 0 Å². The van der Waals surface area contributed by atoms with E-state index in [1.54, 1.807) is 62.3 Å². The summed E-state index contributed by atoms with van der Waals surface area (Å²) in [6.07, 6.45) is -2.36. The van der Waals surface area contributed by atoms with Crippen molar-refractivity contribution in [2.24, 2.45) is 0 Å². The lowest BCUT2D eigenvalue weighted by atomic mass is 10.2. The Kier molecular flexibility index (Phi) is 16.4. The molecule has 0 aliphatic rings. The van der Waals surface area contributed by atoms with E-state index < -0.39 is 53.0 Å². The number of aliphatic carboxylic acids is 1. The van der Waals surface area contributed by atoms with E-state index in [-0.39, 0.29) is 38.9 Å². The second-order valence-corrected chi connectivity index (χ2v) is 10.8. The highest BCUT2D eigenvalue weighted by molar-refractivity contribution is 5.86. The molecule has 3 amide bonds. The molecule has 0 aromatic carbocycles. The molecule has 14 nitrogen and oxygen atoms in total. The Bertz CT molecular complexity index is 763. The van der Waals surface area contributed by atoms with Gasteiger partial charge in [0, 0.05) is 19.6 Å². The molecule has 4 N–H and O–H groups in total. The summed E-state index contributed by atoms with van der Waals surface area (Å²) in [7, 11) is 0. The van der Waals surface area contributed by atoms with Crippen molar-refractivity contribution in [2.75, 3.05) is 19.6 Å². The Balaban J connectivity index is 0. The van der Waals surface area contributed by atoms with Gasteiger partial charge in [-0.15, -0.1) is 0 Å². The quantitative estimate of drug-likeness (QED) is 0.187. The van der Waals surface area contributed by atoms with Crippen molar-refractivity contribution in [1.82, 2.24) is 16.0 Å². The standard InChI is InChI=1S/C16H28N2O7.C8H15NO4/c1-15(2,3)24-13(21)17-9-7-11(19)23-12(20)8-10-18-14(22)25-16(4,5)6;1-8(2,3)13-7(12)9-5-4-6(10)11/h7-10H2,1-6H3,(H,17,21)(H,18,22);4-5H2,1-3H3,(H,9,12)(H,10,11). The highest BCUT2D eigenvalue weighted by atomic mass is 16.6. The van der Waals surface area contributed by atoms with Gasteiger partial charge in [-0.2, -0.15) is 0 Å². The van der Waals surface area contributed by atoms with Crippen LogP contribution in [0.3, 0.4) is 0 Å². The van der Waals surface area contributed by atoms with E-state index in [1.807, 2.05) is 0 Å². The molecule has 0 unspecified atom stereocenters. The third kappa shape index (κ3) is 28.7. The number of amides is 3. The molecule has 38 heavy (non-hydrogen) atoms. The predicted molar refractivity (Wildman–Crippen MR) is 135 cm³/mol. The van der Waals surface area contributed by atoms with Gasteiger partial charge in [0.05, 0.1) is 19.3 Å². The zero-order valence-corrected chi connectivity index (χ0v) is 23.8. The minimum absolute atomic E-state index is 0.0167. The van der Waals surface area contributed by atoms with E-state index in [9.17, 15) is 28.8 Å². The van der Waals surface area contributed by atoms with Crippen molar-refractivity contribution in [2.45, 2.75) is 98.4 Å². The first-order chi connectivity index (χ1) is 17.1. The molecular formula is C24H43N3O11. The monoisotopic (exact) mass is 549 g/mol. The highest BCUT2D eigenvalue weighted by Crippen LogP contribution is 2.07. The van der Waals surface area contributed by atoms with Gasteiger partial charge in [0.25, 0.3) is 0 Å². The minimum Gasteiger partial charge on any atom is -0.481 e. The summed E-state index contributed by atoms with van der Waals surface area (Å²) in [6, 6.07) is 0. The molecule has 220 valence electrons. The second-order valence-electron chi connectivity index (χ2n) is 10.8. The molecule has 0 aromatic rings. The number of nitrogens with one attached hydrogen (secondary N) is 3. The van der Waals surface area contributed by atoms with Gasteiger partial charge in [-0.25, -0.2) is 14.4 Å². The molecule has 0 rings (SSSR count). The summed E-state index contributed by atoms with van der Waals surface area (Å²) in [4.78, 5) is 66.6. The number of esters is 2. The van der Waals surface area contributed by atoms with Crippen LogP contribution >= 0.6 is 0 Å². The average Bonchev–Trinajstić information content (AvgIpc) is 2.63. The number of rotatable bonds is 9. The van der Waals surface area contributed by atoms with Crippen molar-refractivity contribution in [3.05, 3.63) is 0 Å². The van der Waals surface area contributed by atoms with Crippen molar-refractivity contribution >= 4 is 36.2 Å². The Hall–Kier alpha value is -3.58. The lowest BCUT2D eigenvalue weighted by Crippen LogP contribution is -2.34. The molecule has 14 heteroatoms. The topological polar surface area (TPSA) is 196 Å². The van der Waals surface area contributed by atoms with Crippen molar-refractivity contribution in [3.63, 3.8) is 0 Å². The fraction of sp³-hybridized carbons (Fsp3) is 0.750. The van der Waals surface area contributed by atoms with Crippen molar-refractivity contribution < 1.29 is 52.8 Å². The van der Waals surface area contributed by atoms with Gasteiger partial charge in [0.15, 0.2) is 0 Å². The van der Waals surface area contributed by atoms with E-state index in [2.05, 4.69) is 20.7 Å². The van der Waals surface area contributed by atoms with Crippen LogP contribution in [-0.4, -0.2) is 77.7 Å². The summed E-state index contributed by atoms with van der Waals surface area (Å²) in [5.74, 6) is -2.51. The summed E-state index contributed by atoms with van der Waals surface area (Å²) >= 11 is 0. The maximum absolute atomic E-state index is 11.5. The van der Waals surface area contributed by atoms with Crippen LogP contribution in [0.1, 0.15) is 81.6 Å². The third-order valence-electron chi connectivity index (χ3n) is 3.23.